The highest BCUT2D eigenvalue weighted by Crippen LogP contribution is 2.51. The minimum absolute atomic E-state index is 0.124. The Bertz CT molecular complexity index is 722. The summed E-state index contributed by atoms with van der Waals surface area (Å²) in [6, 6.07) is 5.42. The Hall–Kier alpha value is -2.03. The van der Waals surface area contributed by atoms with Crippen LogP contribution >= 0.6 is 19.2 Å². The third-order valence-electron chi connectivity index (χ3n) is 2.56. The van der Waals surface area contributed by atoms with Crippen LogP contribution in [0.3, 0.4) is 0 Å². The van der Waals surface area contributed by atoms with Crippen molar-refractivity contribution in [3.05, 3.63) is 60.2 Å². The molecule has 0 aromatic heterocycles. The fraction of sp³-hybridized carbons (Fsp3) is 0.133. The van der Waals surface area contributed by atoms with E-state index in [2.05, 4.69) is 13.2 Å². The summed E-state index contributed by atoms with van der Waals surface area (Å²) in [5.41, 5.74) is -1.41. The van der Waals surface area contributed by atoms with Crippen molar-refractivity contribution in [2.45, 2.75) is 0 Å². The van der Waals surface area contributed by atoms with E-state index < -0.39 is 18.4 Å². The fourth-order valence-corrected chi connectivity index (χ4v) is 3.13. The summed E-state index contributed by atoms with van der Waals surface area (Å²) in [7, 11) is -4.23. The first-order valence-electron chi connectivity index (χ1n) is 6.29. The first kappa shape index (κ1) is 19.0. The highest BCUT2D eigenvalue weighted by molar-refractivity contribution is 7.72. The number of nitriles is 1. The van der Waals surface area contributed by atoms with Crippen LogP contribution in [0.25, 0.3) is 0 Å². The van der Waals surface area contributed by atoms with Crippen LogP contribution in [-0.4, -0.2) is 24.0 Å². The zero-order chi connectivity index (χ0) is 17.5. The predicted molar refractivity (Wildman–Crippen MR) is 85.6 cm³/mol. The maximum Gasteiger partial charge on any atom is 0.402 e. The monoisotopic (exact) mass is 353 g/mol. The molecule has 0 atom stereocenters. The van der Waals surface area contributed by atoms with Crippen molar-refractivity contribution in [2.75, 3.05) is 13.2 Å². The topological polar surface area (TPSA) is 93.5 Å². The van der Waals surface area contributed by atoms with E-state index in [4.69, 9.17) is 25.9 Å². The minimum atomic E-state index is -4.23. The summed E-state index contributed by atoms with van der Waals surface area (Å²) in [6.07, 6.45) is 2.59. The minimum Gasteiger partial charge on any atom is -0.299 e. The van der Waals surface area contributed by atoms with Crippen molar-refractivity contribution in [1.82, 2.24) is 0 Å². The molecular weight excluding hydrogens is 341 g/mol. The average molecular weight is 354 g/mol. The summed E-state index contributed by atoms with van der Waals surface area (Å²) < 4.78 is 22.6. The van der Waals surface area contributed by atoms with Crippen molar-refractivity contribution >= 4 is 30.0 Å². The molecule has 0 bridgehead atoms. The van der Waals surface area contributed by atoms with Gasteiger partial charge >= 0.3 is 7.60 Å². The second-order valence-electron chi connectivity index (χ2n) is 4.12. The predicted octanol–water partition coefficient (Wildman–Crippen LogP) is 3.68. The van der Waals surface area contributed by atoms with Crippen molar-refractivity contribution in [1.29, 1.82) is 5.26 Å². The van der Waals surface area contributed by atoms with Crippen LogP contribution in [0.2, 0.25) is 0 Å². The smallest absolute Gasteiger partial charge is 0.299 e. The molecule has 0 spiro atoms. The van der Waals surface area contributed by atoms with E-state index in [1.807, 2.05) is 6.07 Å². The van der Waals surface area contributed by atoms with Gasteiger partial charge in [0.1, 0.15) is 0 Å². The molecular formula is C15H13ClNO5P. The van der Waals surface area contributed by atoms with E-state index in [0.29, 0.717) is 0 Å². The Kier molecular flexibility index (Phi) is 7.08. The molecule has 6 nitrogen and oxygen atoms in total. The van der Waals surface area contributed by atoms with Crippen LogP contribution in [-0.2, 0) is 13.6 Å². The fourth-order valence-electron chi connectivity index (χ4n) is 1.57. The summed E-state index contributed by atoms with van der Waals surface area (Å²) in [4.78, 5) is 24.0. The third-order valence-corrected chi connectivity index (χ3v) is 4.48. The Morgan fingerprint density at radius 3 is 2.22 bits per heavy atom. The number of halogens is 1. The van der Waals surface area contributed by atoms with Gasteiger partial charge in [-0.2, -0.15) is 5.26 Å². The molecule has 0 N–H and O–H groups in total. The van der Waals surface area contributed by atoms with Crippen LogP contribution in [0.1, 0.15) is 26.3 Å². The van der Waals surface area contributed by atoms with E-state index in [0.717, 1.165) is 6.07 Å². The lowest BCUT2D eigenvalue weighted by Crippen LogP contribution is -2.11. The van der Waals surface area contributed by atoms with Gasteiger partial charge in [-0.05, 0) is 29.8 Å². The highest BCUT2D eigenvalue weighted by Gasteiger charge is 2.37. The Labute approximate surface area is 138 Å². The van der Waals surface area contributed by atoms with Gasteiger partial charge in [-0.1, -0.05) is 12.2 Å². The number of hydrogen-bond acceptors (Lipinski definition) is 6. The van der Waals surface area contributed by atoms with E-state index in [1.165, 1.54) is 24.3 Å². The Morgan fingerprint density at radius 1 is 1.22 bits per heavy atom. The van der Waals surface area contributed by atoms with Crippen molar-refractivity contribution in [3.63, 3.8) is 0 Å². The van der Waals surface area contributed by atoms with Crippen LogP contribution in [0.15, 0.2) is 43.5 Å². The highest BCUT2D eigenvalue weighted by atomic mass is 35.5. The SMILES string of the molecule is C=CCOP(=O)(OCC=C)C(=O)c1ccc(C#N)cc1C(=O)Cl. The van der Waals surface area contributed by atoms with E-state index >= 15 is 0 Å². The molecule has 120 valence electrons. The molecule has 0 radical (unpaired) electrons. The quantitative estimate of drug-likeness (QED) is 0.382. The van der Waals surface area contributed by atoms with E-state index in [-0.39, 0.29) is 29.9 Å². The van der Waals surface area contributed by atoms with Crippen molar-refractivity contribution in [2.24, 2.45) is 0 Å². The van der Waals surface area contributed by atoms with E-state index in [1.54, 1.807) is 0 Å². The maximum absolute atomic E-state index is 12.7. The van der Waals surface area contributed by atoms with Gasteiger partial charge in [0.25, 0.3) is 10.8 Å². The van der Waals surface area contributed by atoms with Gasteiger partial charge in [0.15, 0.2) is 0 Å². The first-order chi connectivity index (χ1) is 10.9. The summed E-state index contributed by atoms with van der Waals surface area (Å²) in [5.74, 6) is 0. The lowest BCUT2D eigenvalue weighted by Gasteiger charge is -2.16. The molecule has 0 unspecified atom stereocenters. The molecule has 0 fully saturated rings. The largest absolute Gasteiger partial charge is 0.402 e. The molecule has 0 amide bonds. The lowest BCUT2D eigenvalue weighted by atomic mass is 10.1. The molecule has 0 saturated carbocycles. The number of carbonyl (C=O) groups excluding carboxylic acids is 2. The van der Waals surface area contributed by atoms with Gasteiger partial charge in [-0.3, -0.25) is 23.2 Å². The molecule has 23 heavy (non-hydrogen) atoms. The third kappa shape index (κ3) is 4.72. The van der Waals surface area contributed by atoms with Crippen LogP contribution in [0, 0.1) is 11.3 Å². The van der Waals surface area contributed by atoms with Gasteiger partial charge < -0.3 is 0 Å². The van der Waals surface area contributed by atoms with Gasteiger partial charge in [0, 0.05) is 11.1 Å². The zero-order valence-corrected chi connectivity index (χ0v) is 13.7. The Morgan fingerprint density at radius 2 is 1.78 bits per heavy atom. The average Bonchev–Trinajstić information content (AvgIpc) is 2.56. The first-order valence-corrected chi connectivity index (χ1v) is 8.21. The molecule has 1 rings (SSSR count). The number of nitrogens with zero attached hydrogens (tertiary/aromatic N) is 1. The van der Waals surface area contributed by atoms with Crippen LogP contribution in [0.5, 0.6) is 0 Å². The number of rotatable bonds is 9. The normalized spacial score (nSPS) is 10.6. The van der Waals surface area contributed by atoms with Crippen LogP contribution in [0.4, 0.5) is 0 Å². The second-order valence-corrected chi connectivity index (χ2v) is 6.38. The second kappa shape index (κ2) is 8.56. The lowest BCUT2D eigenvalue weighted by molar-refractivity contribution is 0.0998. The number of benzene rings is 1. The Balaban J connectivity index is 3.35. The number of hydrogen-bond donors (Lipinski definition) is 0. The maximum atomic E-state index is 12.7. The molecule has 1 aromatic rings. The summed E-state index contributed by atoms with van der Waals surface area (Å²) in [6.45, 7) is 6.41. The zero-order valence-electron chi connectivity index (χ0n) is 12.0. The molecule has 0 saturated heterocycles. The van der Waals surface area contributed by atoms with Gasteiger partial charge in [0.2, 0.25) is 0 Å². The molecule has 0 aliphatic carbocycles. The molecule has 0 aliphatic rings. The van der Waals surface area contributed by atoms with E-state index in [9.17, 15) is 14.2 Å². The summed E-state index contributed by atoms with van der Waals surface area (Å²) >= 11 is 5.44. The molecule has 0 heterocycles. The van der Waals surface area contributed by atoms with Gasteiger partial charge in [0.05, 0.1) is 24.8 Å². The van der Waals surface area contributed by atoms with Crippen molar-refractivity contribution < 1.29 is 23.2 Å². The molecule has 1 aromatic carbocycles. The standard InChI is InChI=1S/C15H13ClNO5P/c1-3-7-21-23(20,22-8-4-2)15(19)12-6-5-11(10-17)9-13(12)14(16)18/h3-6,9H,1-2,7-8H2. The van der Waals surface area contributed by atoms with Crippen molar-refractivity contribution in [3.8, 4) is 6.07 Å². The summed E-state index contributed by atoms with van der Waals surface area (Å²) in [5, 5.41) is 7.88. The van der Waals surface area contributed by atoms with Crippen LogP contribution < -0.4 is 0 Å². The molecule has 0 aliphatic heterocycles. The van der Waals surface area contributed by atoms with Gasteiger partial charge in [-0.25, -0.2) is 0 Å². The number of carbonyl (C=O) groups is 2. The van der Waals surface area contributed by atoms with Gasteiger partial charge in [-0.15, -0.1) is 13.2 Å². The molecule has 8 heteroatoms.